The maximum atomic E-state index is 14.8. The lowest BCUT2D eigenvalue weighted by atomic mass is 9.91. The monoisotopic (exact) mass is 611 g/mol. The van der Waals surface area contributed by atoms with Gasteiger partial charge < -0.3 is 30.1 Å². The first-order valence-electron chi connectivity index (χ1n) is 15.0. The van der Waals surface area contributed by atoms with Crippen molar-refractivity contribution in [1.29, 1.82) is 0 Å². The van der Waals surface area contributed by atoms with Crippen LogP contribution in [0.15, 0.2) is 42.5 Å². The Labute approximate surface area is 261 Å². The van der Waals surface area contributed by atoms with E-state index in [1.807, 2.05) is 39.0 Å². The number of aromatic hydroxyl groups is 1. The zero-order valence-electron chi connectivity index (χ0n) is 27.5. The third kappa shape index (κ3) is 10.9. The number of alkyl carbamates (subject to hydrolysis) is 1. The van der Waals surface area contributed by atoms with Crippen molar-refractivity contribution in [1.82, 2.24) is 15.5 Å². The molecule has 2 aromatic carbocycles. The number of rotatable bonds is 13. The van der Waals surface area contributed by atoms with Crippen LogP contribution in [0.3, 0.4) is 0 Å². The Hall–Kier alpha value is -4.08. The molecule has 0 heterocycles. The number of nitrogens with one attached hydrogen (secondary N) is 2. The molecule has 2 aromatic rings. The van der Waals surface area contributed by atoms with Crippen molar-refractivity contribution in [2.75, 3.05) is 13.7 Å². The number of amides is 3. The van der Waals surface area contributed by atoms with E-state index in [2.05, 4.69) is 24.5 Å². The molecule has 10 heteroatoms. The Morgan fingerprint density at radius 1 is 0.932 bits per heavy atom. The number of hydrogen-bond donors (Lipinski definition) is 3. The molecule has 0 radical (unpaired) electrons. The van der Waals surface area contributed by atoms with Gasteiger partial charge in [-0.1, -0.05) is 44.2 Å². The number of carbonyl (C=O) groups is 4. The van der Waals surface area contributed by atoms with Gasteiger partial charge in [0.2, 0.25) is 11.8 Å². The van der Waals surface area contributed by atoms with Crippen LogP contribution >= 0.6 is 0 Å². The van der Waals surface area contributed by atoms with Crippen molar-refractivity contribution in [2.45, 2.75) is 98.4 Å². The number of carbonyl (C=O) groups excluding carboxylic acids is 4. The van der Waals surface area contributed by atoms with Gasteiger partial charge in [-0.25, -0.2) is 4.79 Å². The molecular formula is C34H49N3O7. The molecule has 0 aliphatic carbocycles. The van der Waals surface area contributed by atoms with Crippen LogP contribution in [0.5, 0.6) is 5.75 Å². The van der Waals surface area contributed by atoms with E-state index in [0.29, 0.717) is 23.5 Å². The Morgan fingerprint density at radius 3 is 2.05 bits per heavy atom. The van der Waals surface area contributed by atoms with E-state index in [-0.39, 0.29) is 18.7 Å². The molecule has 3 N–H and O–H groups in total. The number of phenolic OH excluding ortho intramolecular Hbond substituents is 1. The summed E-state index contributed by atoms with van der Waals surface area (Å²) in [5.41, 5.74) is 2.11. The fourth-order valence-corrected chi connectivity index (χ4v) is 4.99. The van der Waals surface area contributed by atoms with Crippen LogP contribution in [0.4, 0.5) is 4.79 Å². The molecule has 0 fully saturated rings. The molecule has 3 amide bonds. The third-order valence-corrected chi connectivity index (χ3v) is 7.23. The molecule has 44 heavy (non-hydrogen) atoms. The van der Waals surface area contributed by atoms with E-state index in [1.165, 1.54) is 24.1 Å². The number of esters is 1. The van der Waals surface area contributed by atoms with E-state index in [9.17, 15) is 24.3 Å². The van der Waals surface area contributed by atoms with Gasteiger partial charge in [0, 0.05) is 12.5 Å². The summed E-state index contributed by atoms with van der Waals surface area (Å²) in [4.78, 5) is 55.4. The molecule has 0 saturated carbocycles. The second kappa shape index (κ2) is 16.1. The van der Waals surface area contributed by atoms with Crippen LogP contribution in [0.25, 0.3) is 0 Å². The number of aryl methyl sites for hydroxylation is 2. The molecule has 3 unspecified atom stereocenters. The van der Waals surface area contributed by atoms with Gasteiger partial charge in [-0.05, 0) is 94.7 Å². The number of methoxy groups -OCH3 is 1. The summed E-state index contributed by atoms with van der Waals surface area (Å²) < 4.78 is 10.2. The molecule has 0 saturated heterocycles. The molecular weight excluding hydrogens is 562 g/mol. The van der Waals surface area contributed by atoms with Crippen LogP contribution in [0, 0.1) is 19.8 Å². The van der Waals surface area contributed by atoms with E-state index < -0.39 is 47.6 Å². The highest BCUT2D eigenvalue weighted by Gasteiger charge is 2.40. The van der Waals surface area contributed by atoms with Gasteiger partial charge in [-0.2, -0.15) is 0 Å². The largest absolute Gasteiger partial charge is 0.508 e. The minimum atomic E-state index is -1.11. The fourth-order valence-electron chi connectivity index (χ4n) is 4.99. The van der Waals surface area contributed by atoms with E-state index >= 15 is 0 Å². The first kappa shape index (κ1) is 36.1. The van der Waals surface area contributed by atoms with Crippen molar-refractivity contribution in [3.63, 3.8) is 0 Å². The summed E-state index contributed by atoms with van der Waals surface area (Å²) in [5.74, 6) is -1.24. The minimum absolute atomic E-state index is 0.0676. The standard InChI is InChI=1S/C34H49N3O7/c1-21(2)13-14-24(5)37(30(31(40)35-20-28(39)43-9)29-22(3)11-10-12-23(29)4)32(41)27(36-33(42)44-34(6,7)8)19-25-15-17-26(38)18-16-25/h10-12,15-18,21,24,27,30,38H,13-14,19-20H2,1-9H3,(H,35,40)(H,36,42). The number of phenols is 1. The summed E-state index contributed by atoms with van der Waals surface area (Å²) >= 11 is 0. The number of ether oxygens (including phenoxy) is 2. The maximum absolute atomic E-state index is 14.8. The second-order valence-electron chi connectivity index (χ2n) is 12.6. The molecule has 0 spiro atoms. The average Bonchev–Trinajstić information content (AvgIpc) is 2.93. The van der Waals surface area contributed by atoms with Gasteiger partial charge in [0.1, 0.15) is 30.0 Å². The minimum Gasteiger partial charge on any atom is -0.508 e. The first-order valence-corrected chi connectivity index (χ1v) is 15.0. The van der Waals surface area contributed by atoms with Crippen molar-refractivity contribution in [2.24, 2.45) is 5.92 Å². The Bertz CT molecular complexity index is 1260. The van der Waals surface area contributed by atoms with Crippen LogP contribution in [0.2, 0.25) is 0 Å². The molecule has 10 nitrogen and oxygen atoms in total. The Kier molecular flexibility index (Phi) is 13.2. The Balaban J connectivity index is 2.72. The zero-order valence-corrected chi connectivity index (χ0v) is 27.5. The quantitative estimate of drug-likeness (QED) is 0.268. The highest BCUT2D eigenvalue weighted by atomic mass is 16.6. The number of benzene rings is 2. The van der Waals surface area contributed by atoms with Crippen LogP contribution in [-0.2, 0) is 30.3 Å². The van der Waals surface area contributed by atoms with Gasteiger partial charge in [0.25, 0.3) is 0 Å². The first-order chi connectivity index (χ1) is 20.5. The topological polar surface area (TPSA) is 134 Å². The summed E-state index contributed by atoms with van der Waals surface area (Å²) in [6.45, 7) is 14.6. The predicted molar refractivity (Wildman–Crippen MR) is 169 cm³/mol. The SMILES string of the molecule is COC(=O)CNC(=O)C(c1c(C)cccc1C)N(C(=O)C(Cc1ccc(O)cc1)NC(=O)OC(C)(C)C)C(C)CCC(C)C. The zero-order chi connectivity index (χ0) is 33.2. The van der Waals surface area contributed by atoms with Crippen LogP contribution in [-0.4, -0.2) is 65.2 Å². The molecule has 0 bridgehead atoms. The van der Waals surface area contributed by atoms with Gasteiger partial charge in [-0.3, -0.25) is 14.4 Å². The van der Waals surface area contributed by atoms with Crippen LogP contribution < -0.4 is 10.6 Å². The van der Waals surface area contributed by atoms with Gasteiger partial charge in [0.15, 0.2) is 0 Å². The summed E-state index contributed by atoms with van der Waals surface area (Å²) in [6, 6.07) is 9.32. The average molecular weight is 612 g/mol. The van der Waals surface area contributed by atoms with Gasteiger partial charge in [0.05, 0.1) is 7.11 Å². The van der Waals surface area contributed by atoms with Crippen molar-refractivity contribution < 1.29 is 33.8 Å². The summed E-state index contributed by atoms with van der Waals surface area (Å²) in [6.07, 6.45) is 0.682. The van der Waals surface area contributed by atoms with Crippen molar-refractivity contribution in [3.05, 3.63) is 64.7 Å². The molecule has 2 rings (SSSR count). The van der Waals surface area contributed by atoms with Crippen molar-refractivity contribution >= 4 is 23.9 Å². The lowest BCUT2D eigenvalue weighted by Gasteiger charge is -2.39. The smallest absolute Gasteiger partial charge is 0.408 e. The molecule has 242 valence electrons. The van der Waals surface area contributed by atoms with Crippen molar-refractivity contribution in [3.8, 4) is 5.75 Å². The number of hydrogen-bond acceptors (Lipinski definition) is 7. The lowest BCUT2D eigenvalue weighted by molar-refractivity contribution is -0.146. The van der Waals surface area contributed by atoms with Gasteiger partial charge >= 0.3 is 12.1 Å². The highest BCUT2D eigenvalue weighted by molar-refractivity contribution is 5.94. The summed E-state index contributed by atoms with van der Waals surface area (Å²) in [5, 5.41) is 15.2. The van der Waals surface area contributed by atoms with E-state index in [4.69, 9.17) is 9.47 Å². The highest BCUT2D eigenvalue weighted by Crippen LogP contribution is 2.32. The molecule has 0 aliphatic heterocycles. The normalized spacial score (nSPS) is 13.4. The van der Waals surface area contributed by atoms with E-state index in [1.54, 1.807) is 32.9 Å². The van der Waals surface area contributed by atoms with Gasteiger partial charge in [-0.15, -0.1) is 0 Å². The molecule has 0 aromatic heterocycles. The maximum Gasteiger partial charge on any atom is 0.408 e. The molecule has 0 aliphatic rings. The summed E-state index contributed by atoms with van der Waals surface area (Å²) in [7, 11) is 1.23. The molecule has 3 atom stereocenters. The van der Waals surface area contributed by atoms with Crippen LogP contribution in [0.1, 0.15) is 82.7 Å². The Morgan fingerprint density at radius 2 is 1.52 bits per heavy atom. The second-order valence-corrected chi connectivity index (χ2v) is 12.6. The lowest BCUT2D eigenvalue weighted by Crippen LogP contribution is -2.56. The third-order valence-electron chi connectivity index (χ3n) is 7.23. The number of nitrogens with zero attached hydrogens (tertiary/aromatic N) is 1. The van der Waals surface area contributed by atoms with E-state index in [0.717, 1.165) is 17.5 Å². The predicted octanol–water partition coefficient (Wildman–Crippen LogP) is 5.13. The fraction of sp³-hybridized carbons (Fsp3) is 0.529.